The van der Waals surface area contributed by atoms with E-state index in [0.717, 1.165) is 5.56 Å². The monoisotopic (exact) mass is 371 g/mol. The van der Waals surface area contributed by atoms with E-state index in [1.165, 1.54) is 36.0 Å². The lowest BCUT2D eigenvalue weighted by Gasteiger charge is -2.14. The Morgan fingerprint density at radius 1 is 1.27 bits per heavy atom. The Balaban J connectivity index is 1.73. The summed E-state index contributed by atoms with van der Waals surface area (Å²) in [5, 5.41) is 11.5. The SMILES string of the molecule is CCC(Sc1nnc(-c2cccnc2)n1C)C(=O)Nc1ccc(F)cc1. The van der Waals surface area contributed by atoms with Gasteiger partial charge in [0, 0.05) is 30.7 Å². The van der Waals surface area contributed by atoms with Crippen molar-refractivity contribution in [1.29, 1.82) is 0 Å². The van der Waals surface area contributed by atoms with Crippen LogP contribution in [0, 0.1) is 5.82 Å². The average molecular weight is 371 g/mol. The van der Waals surface area contributed by atoms with Crippen LogP contribution < -0.4 is 5.32 Å². The van der Waals surface area contributed by atoms with Crippen molar-refractivity contribution in [2.75, 3.05) is 5.32 Å². The summed E-state index contributed by atoms with van der Waals surface area (Å²) >= 11 is 1.34. The first-order valence-electron chi connectivity index (χ1n) is 8.11. The van der Waals surface area contributed by atoms with Crippen molar-refractivity contribution in [3.05, 3.63) is 54.6 Å². The van der Waals surface area contributed by atoms with E-state index in [9.17, 15) is 9.18 Å². The first-order chi connectivity index (χ1) is 12.6. The summed E-state index contributed by atoms with van der Waals surface area (Å²) in [6.07, 6.45) is 4.03. The third kappa shape index (κ3) is 4.08. The molecule has 3 aromatic rings. The Hall–Kier alpha value is -2.74. The van der Waals surface area contributed by atoms with Crippen LogP contribution in [0.15, 0.2) is 53.9 Å². The lowest BCUT2D eigenvalue weighted by atomic mass is 10.2. The van der Waals surface area contributed by atoms with Crippen LogP contribution >= 0.6 is 11.8 Å². The minimum absolute atomic E-state index is 0.157. The second-order valence-corrected chi connectivity index (χ2v) is 6.79. The van der Waals surface area contributed by atoms with Gasteiger partial charge in [0.1, 0.15) is 5.82 Å². The topological polar surface area (TPSA) is 72.7 Å². The second-order valence-electron chi connectivity index (χ2n) is 5.62. The van der Waals surface area contributed by atoms with E-state index in [4.69, 9.17) is 0 Å². The van der Waals surface area contributed by atoms with Crippen LogP contribution in [0.2, 0.25) is 0 Å². The molecule has 8 heteroatoms. The van der Waals surface area contributed by atoms with E-state index in [-0.39, 0.29) is 17.0 Å². The maximum Gasteiger partial charge on any atom is 0.237 e. The van der Waals surface area contributed by atoms with E-state index in [1.54, 1.807) is 12.4 Å². The van der Waals surface area contributed by atoms with Gasteiger partial charge in [0.2, 0.25) is 5.91 Å². The van der Waals surface area contributed by atoms with Gasteiger partial charge in [-0.15, -0.1) is 10.2 Å². The van der Waals surface area contributed by atoms with Gasteiger partial charge in [-0.2, -0.15) is 0 Å². The van der Waals surface area contributed by atoms with Gasteiger partial charge in [0.05, 0.1) is 5.25 Å². The molecule has 134 valence electrons. The van der Waals surface area contributed by atoms with Gasteiger partial charge in [-0.1, -0.05) is 18.7 Å². The predicted octanol–water partition coefficient (Wildman–Crippen LogP) is 3.53. The molecule has 0 radical (unpaired) electrons. The van der Waals surface area contributed by atoms with Crippen molar-refractivity contribution in [2.45, 2.75) is 23.8 Å². The number of rotatable bonds is 6. The number of hydrogen-bond donors (Lipinski definition) is 1. The van der Waals surface area contributed by atoms with E-state index in [2.05, 4.69) is 20.5 Å². The number of carbonyl (C=O) groups is 1. The molecule has 0 saturated carbocycles. The molecular weight excluding hydrogens is 353 g/mol. The number of nitrogens with one attached hydrogen (secondary N) is 1. The summed E-state index contributed by atoms with van der Waals surface area (Å²) in [6, 6.07) is 9.44. The molecule has 0 aliphatic rings. The molecule has 1 atom stereocenters. The molecule has 2 heterocycles. The van der Waals surface area contributed by atoms with Crippen LogP contribution in [-0.4, -0.2) is 30.9 Å². The fourth-order valence-corrected chi connectivity index (χ4v) is 3.29. The number of carbonyl (C=O) groups excluding carboxylic acids is 1. The number of nitrogens with zero attached hydrogens (tertiary/aromatic N) is 4. The van der Waals surface area contributed by atoms with E-state index in [1.807, 2.05) is 30.7 Å². The second kappa shape index (κ2) is 8.09. The fraction of sp³-hybridized carbons (Fsp3) is 0.222. The molecule has 2 aromatic heterocycles. The maximum absolute atomic E-state index is 13.0. The van der Waals surface area contributed by atoms with E-state index >= 15 is 0 Å². The summed E-state index contributed by atoms with van der Waals surface area (Å²) in [5.41, 5.74) is 1.42. The Morgan fingerprint density at radius 2 is 2.04 bits per heavy atom. The Morgan fingerprint density at radius 3 is 2.69 bits per heavy atom. The number of anilines is 1. The number of hydrogen-bond acceptors (Lipinski definition) is 5. The number of benzene rings is 1. The van der Waals surface area contributed by atoms with Gasteiger partial charge in [-0.05, 0) is 42.8 Å². The van der Waals surface area contributed by atoms with Crippen LogP contribution in [0.1, 0.15) is 13.3 Å². The highest BCUT2D eigenvalue weighted by atomic mass is 32.2. The fourth-order valence-electron chi connectivity index (χ4n) is 2.37. The number of thioether (sulfide) groups is 1. The third-order valence-corrected chi connectivity index (χ3v) is 5.18. The Kier molecular flexibility index (Phi) is 5.62. The largest absolute Gasteiger partial charge is 0.325 e. The van der Waals surface area contributed by atoms with Gasteiger partial charge >= 0.3 is 0 Å². The molecule has 26 heavy (non-hydrogen) atoms. The molecule has 6 nitrogen and oxygen atoms in total. The minimum atomic E-state index is -0.343. The molecule has 0 aliphatic heterocycles. The van der Waals surface area contributed by atoms with Gasteiger partial charge in [-0.25, -0.2) is 4.39 Å². The van der Waals surface area contributed by atoms with E-state index < -0.39 is 0 Å². The molecule has 0 fully saturated rings. The summed E-state index contributed by atoms with van der Waals surface area (Å²) in [6.45, 7) is 1.93. The molecule has 1 aromatic carbocycles. The molecule has 0 bridgehead atoms. The van der Waals surface area contributed by atoms with Crippen LogP contribution in [0.25, 0.3) is 11.4 Å². The molecular formula is C18H18FN5OS. The smallest absolute Gasteiger partial charge is 0.237 e. The number of halogens is 1. The zero-order chi connectivity index (χ0) is 18.5. The predicted molar refractivity (Wildman–Crippen MR) is 99.2 cm³/mol. The lowest BCUT2D eigenvalue weighted by molar-refractivity contribution is -0.115. The van der Waals surface area contributed by atoms with Crippen LogP contribution in [-0.2, 0) is 11.8 Å². The van der Waals surface area contributed by atoms with Crippen molar-refractivity contribution in [3.63, 3.8) is 0 Å². The number of aromatic nitrogens is 4. The molecule has 3 rings (SSSR count). The summed E-state index contributed by atoms with van der Waals surface area (Å²) in [5.74, 6) is 0.191. The van der Waals surface area contributed by atoms with Gasteiger partial charge in [0.25, 0.3) is 0 Å². The number of amides is 1. The lowest BCUT2D eigenvalue weighted by Crippen LogP contribution is -2.25. The van der Waals surface area contributed by atoms with Crippen LogP contribution in [0.4, 0.5) is 10.1 Å². The minimum Gasteiger partial charge on any atom is -0.325 e. The van der Waals surface area contributed by atoms with Gasteiger partial charge in [-0.3, -0.25) is 9.78 Å². The summed E-state index contributed by atoms with van der Waals surface area (Å²) in [7, 11) is 1.86. The highest BCUT2D eigenvalue weighted by molar-refractivity contribution is 8.00. The van der Waals surface area contributed by atoms with Crippen molar-refractivity contribution in [3.8, 4) is 11.4 Å². The zero-order valence-corrected chi connectivity index (χ0v) is 15.2. The van der Waals surface area contributed by atoms with Crippen LogP contribution in [0.5, 0.6) is 0 Å². The maximum atomic E-state index is 13.0. The first-order valence-corrected chi connectivity index (χ1v) is 8.99. The quantitative estimate of drug-likeness (QED) is 0.671. The van der Waals surface area contributed by atoms with Crippen molar-refractivity contribution in [1.82, 2.24) is 19.7 Å². The zero-order valence-electron chi connectivity index (χ0n) is 14.4. The van der Waals surface area contributed by atoms with Crippen molar-refractivity contribution in [2.24, 2.45) is 7.05 Å². The highest BCUT2D eigenvalue weighted by Crippen LogP contribution is 2.27. The highest BCUT2D eigenvalue weighted by Gasteiger charge is 2.22. The van der Waals surface area contributed by atoms with Crippen molar-refractivity contribution >= 4 is 23.4 Å². The van der Waals surface area contributed by atoms with Gasteiger partial charge < -0.3 is 9.88 Å². The third-order valence-electron chi connectivity index (χ3n) is 3.78. The summed E-state index contributed by atoms with van der Waals surface area (Å²) in [4.78, 5) is 16.6. The van der Waals surface area contributed by atoms with Crippen molar-refractivity contribution < 1.29 is 9.18 Å². The average Bonchev–Trinajstić information content (AvgIpc) is 3.02. The first kappa shape index (κ1) is 18.1. The molecule has 0 aliphatic carbocycles. The molecule has 1 unspecified atom stereocenters. The normalized spacial score (nSPS) is 12.0. The Bertz CT molecular complexity index is 882. The Labute approximate surface area is 154 Å². The standard InChI is InChI=1S/C18H18FN5OS/c1-3-15(17(25)21-14-8-6-13(19)7-9-14)26-18-23-22-16(24(18)2)12-5-4-10-20-11-12/h4-11,15H,3H2,1-2H3,(H,21,25). The molecule has 0 saturated heterocycles. The number of pyridine rings is 1. The molecule has 0 spiro atoms. The summed E-state index contributed by atoms with van der Waals surface area (Å²) < 4.78 is 14.8. The molecule has 1 amide bonds. The van der Waals surface area contributed by atoms with E-state index in [0.29, 0.717) is 23.1 Å². The van der Waals surface area contributed by atoms with Crippen LogP contribution in [0.3, 0.4) is 0 Å². The van der Waals surface area contributed by atoms with Gasteiger partial charge in [0.15, 0.2) is 11.0 Å². The molecule has 1 N–H and O–H groups in total.